The quantitative estimate of drug-likeness (QED) is 0.867. The van der Waals surface area contributed by atoms with Crippen molar-refractivity contribution in [3.8, 4) is 0 Å². The number of aliphatic hydroxyl groups is 1. The lowest BCUT2D eigenvalue weighted by Gasteiger charge is -2.25. The molecule has 5 nitrogen and oxygen atoms in total. The van der Waals surface area contributed by atoms with Crippen LogP contribution < -0.4 is 5.32 Å². The number of nitrogens with zero attached hydrogens (tertiary/aromatic N) is 3. The molecule has 0 amide bonds. The molecule has 0 aliphatic carbocycles. The molecule has 2 aromatic heterocycles. The first kappa shape index (κ1) is 13.8. The zero-order chi connectivity index (χ0) is 14.0. The van der Waals surface area contributed by atoms with Crippen LogP contribution in [0, 0.1) is 12.8 Å². The van der Waals surface area contributed by atoms with E-state index in [1.807, 2.05) is 26.1 Å². The Morgan fingerprint density at radius 2 is 2.21 bits per heavy atom. The molecule has 2 aromatic rings. The molecular weight excluding hydrogens is 240 g/mol. The van der Waals surface area contributed by atoms with Gasteiger partial charge in [0.15, 0.2) is 5.82 Å². The van der Waals surface area contributed by atoms with Gasteiger partial charge in [0.05, 0.1) is 11.3 Å². The fraction of sp³-hybridized carbons (Fsp3) is 0.571. The van der Waals surface area contributed by atoms with Crippen molar-refractivity contribution in [1.82, 2.24) is 14.6 Å². The van der Waals surface area contributed by atoms with Crippen LogP contribution in [-0.4, -0.2) is 31.9 Å². The summed E-state index contributed by atoms with van der Waals surface area (Å²) in [6.07, 6.45) is 4.28. The molecule has 19 heavy (non-hydrogen) atoms. The van der Waals surface area contributed by atoms with Crippen LogP contribution in [0.4, 0.5) is 5.82 Å². The monoisotopic (exact) mass is 262 g/mol. The Kier molecular flexibility index (Phi) is 3.75. The lowest BCUT2D eigenvalue weighted by atomic mass is 9.94. The normalized spacial score (nSPS) is 14.8. The van der Waals surface area contributed by atoms with Gasteiger partial charge in [-0.15, -0.1) is 0 Å². The van der Waals surface area contributed by atoms with Gasteiger partial charge in [-0.1, -0.05) is 13.8 Å². The topological polar surface area (TPSA) is 62.5 Å². The Morgan fingerprint density at radius 1 is 1.47 bits per heavy atom. The van der Waals surface area contributed by atoms with E-state index in [0.29, 0.717) is 12.5 Å². The van der Waals surface area contributed by atoms with Crippen LogP contribution in [0.3, 0.4) is 0 Å². The van der Waals surface area contributed by atoms with Gasteiger partial charge in [-0.25, -0.2) is 9.50 Å². The van der Waals surface area contributed by atoms with Crippen molar-refractivity contribution in [3.05, 3.63) is 24.2 Å². The molecule has 0 spiro atoms. The van der Waals surface area contributed by atoms with E-state index in [-0.39, 0.29) is 0 Å². The highest BCUT2D eigenvalue weighted by molar-refractivity contribution is 5.67. The van der Waals surface area contributed by atoms with Crippen LogP contribution in [0.15, 0.2) is 18.5 Å². The molecule has 0 fully saturated rings. The third kappa shape index (κ3) is 3.44. The van der Waals surface area contributed by atoms with Crippen molar-refractivity contribution in [3.63, 3.8) is 0 Å². The number of nitrogens with one attached hydrogen (secondary N) is 1. The Bertz CT molecular complexity index is 560. The summed E-state index contributed by atoms with van der Waals surface area (Å²) in [5, 5.41) is 17.9. The van der Waals surface area contributed by atoms with Gasteiger partial charge in [0.2, 0.25) is 0 Å². The molecule has 0 radical (unpaired) electrons. The second-order valence-corrected chi connectivity index (χ2v) is 5.84. The van der Waals surface area contributed by atoms with Gasteiger partial charge in [-0.3, -0.25) is 0 Å². The van der Waals surface area contributed by atoms with Gasteiger partial charge in [-0.2, -0.15) is 5.10 Å². The molecule has 0 saturated carbocycles. The summed E-state index contributed by atoms with van der Waals surface area (Å²) in [6.45, 7) is 8.48. The minimum absolute atomic E-state index is 0.456. The highest BCUT2D eigenvalue weighted by Crippen LogP contribution is 2.19. The van der Waals surface area contributed by atoms with E-state index in [1.165, 1.54) is 0 Å². The number of fused-ring (bicyclic) bond motifs is 1. The Hall–Kier alpha value is -1.62. The second kappa shape index (κ2) is 5.17. The maximum atomic E-state index is 10.3. The van der Waals surface area contributed by atoms with Crippen LogP contribution in [0.1, 0.15) is 32.9 Å². The summed E-state index contributed by atoms with van der Waals surface area (Å²) in [4.78, 5) is 4.32. The van der Waals surface area contributed by atoms with Crippen LogP contribution in [0.25, 0.3) is 5.52 Å². The smallest absolute Gasteiger partial charge is 0.152 e. The van der Waals surface area contributed by atoms with E-state index in [9.17, 15) is 5.11 Å². The molecule has 0 bridgehead atoms. The van der Waals surface area contributed by atoms with E-state index in [4.69, 9.17) is 0 Å². The molecule has 2 N–H and O–H groups in total. The first-order valence-electron chi connectivity index (χ1n) is 6.65. The summed E-state index contributed by atoms with van der Waals surface area (Å²) in [5.74, 6) is 1.21. The first-order chi connectivity index (χ1) is 8.87. The van der Waals surface area contributed by atoms with Gasteiger partial charge in [-0.05, 0) is 32.3 Å². The third-order valence-electron chi connectivity index (χ3n) is 3.00. The highest BCUT2D eigenvalue weighted by atomic mass is 16.3. The zero-order valence-corrected chi connectivity index (χ0v) is 12.0. The molecule has 5 heteroatoms. The number of aryl methyl sites for hydroxylation is 1. The average molecular weight is 262 g/mol. The number of hydrogen-bond acceptors (Lipinski definition) is 4. The van der Waals surface area contributed by atoms with E-state index in [2.05, 4.69) is 29.2 Å². The lowest BCUT2D eigenvalue weighted by Crippen LogP contribution is -2.35. The highest BCUT2D eigenvalue weighted by Gasteiger charge is 2.22. The molecule has 2 heterocycles. The van der Waals surface area contributed by atoms with Crippen LogP contribution in [0.2, 0.25) is 0 Å². The SMILES string of the molecule is Cc1cc2c(NCC(C)(O)CC(C)C)nccn2n1. The average Bonchev–Trinajstić information content (AvgIpc) is 2.65. The van der Waals surface area contributed by atoms with Crippen LogP contribution >= 0.6 is 0 Å². The van der Waals surface area contributed by atoms with E-state index >= 15 is 0 Å². The zero-order valence-electron chi connectivity index (χ0n) is 12.0. The molecule has 1 atom stereocenters. The molecule has 1 unspecified atom stereocenters. The lowest BCUT2D eigenvalue weighted by molar-refractivity contribution is 0.0515. The number of anilines is 1. The second-order valence-electron chi connectivity index (χ2n) is 5.84. The van der Waals surface area contributed by atoms with Crippen molar-refractivity contribution < 1.29 is 5.11 Å². The predicted octanol–water partition coefficient (Wildman–Crippen LogP) is 2.25. The first-order valence-corrected chi connectivity index (χ1v) is 6.65. The predicted molar refractivity (Wildman–Crippen MR) is 76.3 cm³/mol. The standard InChI is InChI=1S/C14H22N4O/c1-10(2)8-14(4,19)9-16-13-12-7-11(3)17-18(12)6-5-15-13/h5-7,10,19H,8-9H2,1-4H3,(H,15,16). The minimum Gasteiger partial charge on any atom is -0.388 e. The summed E-state index contributed by atoms with van der Waals surface area (Å²) >= 11 is 0. The minimum atomic E-state index is -0.738. The summed E-state index contributed by atoms with van der Waals surface area (Å²) in [6, 6.07) is 1.98. The molecule has 104 valence electrons. The number of aromatic nitrogens is 3. The van der Waals surface area contributed by atoms with Crippen LogP contribution in [0.5, 0.6) is 0 Å². The van der Waals surface area contributed by atoms with Crippen molar-refractivity contribution in [2.24, 2.45) is 5.92 Å². The molecular formula is C14H22N4O. The maximum absolute atomic E-state index is 10.3. The fourth-order valence-corrected chi connectivity index (χ4v) is 2.41. The van der Waals surface area contributed by atoms with Gasteiger partial charge in [0, 0.05) is 18.9 Å². The molecule has 0 aliphatic heterocycles. The van der Waals surface area contributed by atoms with Gasteiger partial charge >= 0.3 is 0 Å². The fourth-order valence-electron chi connectivity index (χ4n) is 2.41. The van der Waals surface area contributed by atoms with E-state index < -0.39 is 5.60 Å². The van der Waals surface area contributed by atoms with E-state index in [1.54, 1.807) is 10.7 Å². The van der Waals surface area contributed by atoms with E-state index in [0.717, 1.165) is 23.4 Å². The maximum Gasteiger partial charge on any atom is 0.152 e. The summed E-state index contributed by atoms with van der Waals surface area (Å²) < 4.78 is 1.79. The van der Waals surface area contributed by atoms with Crippen LogP contribution in [-0.2, 0) is 0 Å². The Morgan fingerprint density at radius 3 is 2.89 bits per heavy atom. The van der Waals surface area contributed by atoms with Gasteiger partial charge < -0.3 is 10.4 Å². The summed E-state index contributed by atoms with van der Waals surface area (Å²) in [7, 11) is 0. The molecule has 0 aliphatic rings. The molecule has 0 aromatic carbocycles. The number of rotatable bonds is 5. The third-order valence-corrected chi connectivity index (χ3v) is 3.00. The largest absolute Gasteiger partial charge is 0.388 e. The summed E-state index contributed by atoms with van der Waals surface area (Å²) in [5.41, 5.74) is 1.14. The van der Waals surface area contributed by atoms with Crippen molar-refractivity contribution in [1.29, 1.82) is 0 Å². The molecule has 2 rings (SSSR count). The molecule has 0 saturated heterocycles. The van der Waals surface area contributed by atoms with Crippen molar-refractivity contribution in [2.45, 2.75) is 39.7 Å². The Balaban J connectivity index is 2.13. The van der Waals surface area contributed by atoms with Crippen molar-refractivity contribution >= 4 is 11.3 Å². The Labute approximate surface area is 113 Å². The van der Waals surface area contributed by atoms with Gasteiger partial charge in [0.1, 0.15) is 5.52 Å². The number of hydrogen-bond donors (Lipinski definition) is 2. The van der Waals surface area contributed by atoms with Gasteiger partial charge in [0.25, 0.3) is 0 Å². The van der Waals surface area contributed by atoms with Crippen molar-refractivity contribution in [2.75, 3.05) is 11.9 Å².